The van der Waals surface area contributed by atoms with Crippen LogP contribution in [0.3, 0.4) is 0 Å². The van der Waals surface area contributed by atoms with Crippen LogP contribution in [-0.2, 0) is 9.63 Å². The third kappa shape index (κ3) is 2.93. The third-order valence-corrected chi connectivity index (χ3v) is 4.22. The Bertz CT molecular complexity index is 562. The average molecular weight is 287 g/mol. The van der Waals surface area contributed by atoms with E-state index in [2.05, 4.69) is 17.1 Å². The number of rotatable bonds is 2. The lowest BCUT2D eigenvalue weighted by molar-refractivity contribution is -0.143. The fourth-order valence-corrected chi connectivity index (χ4v) is 2.80. The summed E-state index contributed by atoms with van der Waals surface area (Å²) in [5, 5.41) is 4.14. The normalized spacial score (nSPS) is 22.9. The molecule has 1 aromatic rings. The number of likely N-dealkylation sites (N-methyl/N-ethyl adjacent to an activating group) is 1. The number of carbonyl (C=O) groups is 1. The van der Waals surface area contributed by atoms with E-state index in [9.17, 15) is 4.79 Å². The molecule has 1 aromatic carbocycles. The first-order valence-corrected chi connectivity index (χ1v) is 7.41. The molecule has 1 atom stereocenters. The van der Waals surface area contributed by atoms with Crippen LogP contribution in [0.4, 0.5) is 0 Å². The van der Waals surface area contributed by atoms with Gasteiger partial charge in [0.25, 0.3) is 5.91 Å². The van der Waals surface area contributed by atoms with Crippen LogP contribution < -0.4 is 0 Å². The maximum Gasteiger partial charge on any atom is 0.266 e. The van der Waals surface area contributed by atoms with Gasteiger partial charge in [0.15, 0.2) is 0 Å². The molecule has 1 amide bonds. The zero-order chi connectivity index (χ0) is 14.8. The molecule has 0 aliphatic carbocycles. The van der Waals surface area contributed by atoms with Gasteiger partial charge in [0.2, 0.25) is 6.10 Å². The van der Waals surface area contributed by atoms with Crippen LogP contribution in [0.5, 0.6) is 0 Å². The molecule has 2 heterocycles. The highest BCUT2D eigenvalue weighted by Gasteiger charge is 2.33. The Balaban J connectivity index is 1.64. The van der Waals surface area contributed by atoms with Crippen molar-refractivity contribution in [2.75, 3.05) is 33.2 Å². The Morgan fingerprint density at radius 1 is 1.24 bits per heavy atom. The van der Waals surface area contributed by atoms with Gasteiger partial charge in [-0.1, -0.05) is 29.4 Å². The van der Waals surface area contributed by atoms with Crippen molar-refractivity contribution in [3.05, 3.63) is 35.4 Å². The Kier molecular flexibility index (Phi) is 3.92. The van der Waals surface area contributed by atoms with E-state index in [1.807, 2.05) is 36.1 Å². The third-order valence-electron chi connectivity index (χ3n) is 4.22. The molecule has 112 valence electrons. The number of hydrogen-bond acceptors (Lipinski definition) is 4. The molecule has 0 aromatic heterocycles. The van der Waals surface area contributed by atoms with E-state index in [1.54, 1.807) is 0 Å². The van der Waals surface area contributed by atoms with Gasteiger partial charge < -0.3 is 14.6 Å². The molecule has 0 spiro atoms. The van der Waals surface area contributed by atoms with Crippen LogP contribution in [0.1, 0.15) is 17.5 Å². The van der Waals surface area contributed by atoms with Crippen molar-refractivity contribution in [2.24, 2.45) is 5.16 Å². The molecule has 1 unspecified atom stereocenters. The number of oxime groups is 1. The van der Waals surface area contributed by atoms with Crippen LogP contribution in [0.2, 0.25) is 0 Å². The number of aryl methyl sites for hydroxylation is 1. The number of benzene rings is 1. The first-order valence-electron chi connectivity index (χ1n) is 7.41. The smallest absolute Gasteiger partial charge is 0.266 e. The summed E-state index contributed by atoms with van der Waals surface area (Å²) in [6.07, 6.45) is 0.110. The Morgan fingerprint density at radius 3 is 2.67 bits per heavy atom. The lowest BCUT2D eigenvalue weighted by atomic mass is 10.00. The zero-order valence-corrected chi connectivity index (χ0v) is 12.6. The maximum absolute atomic E-state index is 12.5. The summed E-state index contributed by atoms with van der Waals surface area (Å²) in [6.45, 7) is 5.44. The maximum atomic E-state index is 12.5. The van der Waals surface area contributed by atoms with Crippen LogP contribution in [0.25, 0.3) is 0 Å². The van der Waals surface area contributed by atoms with Gasteiger partial charge in [0.1, 0.15) is 0 Å². The topological polar surface area (TPSA) is 45.1 Å². The molecular weight excluding hydrogens is 266 g/mol. The minimum atomic E-state index is -0.456. The van der Waals surface area contributed by atoms with Gasteiger partial charge in [-0.2, -0.15) is 0 Å². The first kappa shape index (κ1) is 14.1. The summed E-state index contributed by atoms with van der Waals surface area (Å²) in [4.78, 5) is 22.0. The predicted octanol–water partition coefficient (Wildman–Crippen LogP) is 1.26. The molecule has 0 saturated carbocycles. The lowest BCUT2D eigenvalue weighted by Gasteiger charge is -2.33. The SMILES string of the molecule is Cc1ccccc1C1=NOC(C(=O)N2CCN(C)CC2)C1. The molecule has 3 rings (SSSR count). The number of amides is 1. The molecule has 1 fully saturated rings. The van der Waals surface area contributed by atoms with Gasteiger partial charge in [0.05, 0.1) is 5.71 Å². The number of nitrogens with zero attached hydrogens (tertiary/aromatic N) is 3. The zero-order valence-electron chi connectivity index (χ0n) is 12.6. The molecule has 2 aliphatic rings. The standard InChI is InChI=1S/C16H21N3O2/c1-12-5-3-4-6-13(12)14-11-15(21-17-14)16(20)19-9-7-18(2)8-10-19/h3-6,15H,7-11H2,1-2H3. The second kappa shape index (κ2) is 5.85. The van der Waals surface area contributed by atoms with E-state index in [1.165, 1.54) is 0 Å². The van der Waals surface area contributed by atoms with E-state index in [0.29, 0.717) is 6.42 Å². The fourth-order valence-electron chi connectivity index (χ4n) is 2.80. The second-order valence-corrected chi connectivity index (χ2v) is 5.78. The molecule has 21 heavy (non-hydrogen) atoms. The summed E-state index contributed by atoms with van der Waals surface area (Å²) < 4.78 is 0. The quantitative estimate of drug-likeness (QED) is 0.822. The van der Waals surface area contributed by atoms with Crippen molar-refractivity contribution in [3.8, 4) is 0 Å². The van der Waals surface area contributed by atoms with Crippen LogP contribution >= 0.6 is 0 Å². The monoisotopic (exact) mass is 287 g/mol. The Morgan fingerprint density at radius 2 is 1.95 bits per heavy atom. The number of carbonyl (C=O) groups excluding carboxylic acids is 1. The lowest BCUT2D eigenvalue weighted by Crippen LogP contribution is -2.50. The van der Waals surface area contributed by atoms with E-state index in [0.717, 1.165) is 43.0 Å². The Labute approximate surface area is 125 Å². The average Bonchev–Trinajstić information content (AvgIpc) is 2.97. The van der Waals surface area contributed by atoms with Gasteiger partial charge in [0, 0.05) is 38.2 Å². The highest BCUT2D eigenvalue weighted by molar-refractivity contribution is 6.05. The second-order valence-electron chi connectivity index (χ2n) is 5.78. The molecule has 0 N–H and O–H groups in total. The van der Waals surface area contributed by atoms with E-state index >= 15 is 0 Å². The Hall–Kier alpha value is -1.88. The largest absolute Gasteiger partial charge is 0.382 e. The first-order chi connectivity index (χ1) is 10.1. The van der Waals surface area contributed by atoms with Gasteiger partial charge in [-0.3, -0.25) is 4.79 Å². The summed E-state index contributed by atoms with van der Waals surface area (Å²) in [6, 6.07) is 8.07. The molecule has 2 aliphatic heterocycles. The summed E-state index contributed by atoms with van der Waals surface area (Å²) >= 11 is 0. The molecule has 0 bridgehead atoms. The minimum absolute atomic E-state index is 0.0652. The summed E-state index contributed by atoms with van der Waals surface area (Å²) in [5.74, 6) is 0.0652. The van der Waals surface area contributed by atoms with Crippen molar-refractivity contribution in [3.63, 3.8) is 0 Å². The predicted molar refractivity (Wildman–Crippen MR) is 81.3 cm³/mol. The number of piperazine rings is 1. The highest BCUT2D eigenvalue weighted by Crippen LogP contribution is 2.21. The van der Waals surface area contributed by atoms with Crippen molar-refractivity contribution >= 4 is 11.6 Å². The van der Waals surface area contributed by atoms with Crippen LogP contribution in [0.15, 0.2) is 29.4 Å². The molecule has 1 saturated heterocycles. The van der Waals surface area contributed by atoms with Crippen molar-refractivity contribution in [1.29, 1.82) is 0 Å². The number of hydrogen-bond donors (Lipinski definition) is 0. The molecular formula is C16H21N3O2. The molecule has 5 heteroatoms. The van der Waals surface area contributed by atoms with E-state index in [4.69, 9.17) is 4.84 Å². The van der Waals surface area contributed by atoms with Crippen molar-refractivity contribution in [1.82, 2.24) is 9.80 Å². The summed E-state index contributed by atoms with van der Waals surface area (Å²) in [7, 11) is 2.08. The highest BCUT2D eigenvalue weighted by atomic mass is 16.6. The van der Waals surface area contributed by atoms with Gasteiger partial charge in [-0.25, -0.2) is 0 Å². The molecule has 5 nitrogen and oxygen atoms in total. The van der Waals surface area contributed by atoms with Crippen molar-refractivity contribution in [2.45, 2.75) is 19.4 Å². The van der Waals surface area contributed by atoms with Crippen LogP contribution in [0, 0.1) is 6.92 Å². The van der Waals surface area contributed by atoms with E-state index in [-0.39, 0.29) is 5.91 Å². The van der Waals surface area contributed by atoms with Gasteiger partial charge >= 0.3 is 0 Å². The summed E-state index contributed by atoms with van der Waals surface area (Å²) in [5.41, 5.74) is 3.11. The minimum Gasteiger partial charge on any atom is -0.382 e. The fraction of sp³-hybridized carbons (Fsp3) is 0.500. The van der Waals surface area contributed by atoms with Gasteiger partial charge in [-0.05, 0) is 19.5 Å². The molecule has 0 radical (unpaired) electrons. The van der Waals surface area contributed by atoms with Gasteiger partial charge in [-0.15, -0.1) is 0 Å². The van der Waals surface area contributed by atoms with Crippen LogP contribution in [-0.4, -0.2) is 60.7 Å². The van der Waals surface area contributed by atoms with Crippen molar-refractivity contribution < 1.29 is 9.63 Å². The van der Waals surface area contributed by atoms with E-state index < -0.39 is 6.10 Å².